The molecule has 1 aromatic rings. The van der Waals surface area contributed by atoms with E-state index in [2.05, 4.69) is 20.9 Å². The number of nitrogens with two attached hydrogens (primary N) is 4. The Kier molecular flexibility index (Phi) is 16.1. The highest BCUT2D eigenvalue weighted by molar-refractivity contribution is 5.93. The fraction of sp³-hybridized carbons (Fsp3) is 0.556. The minimum atomic E-state index is -1.43. The number of phenolic OH excluding ortho intramolecular Hbond substituents is 1. The van der Waals surface area contributed by atoms with Gasteiger partial charge in [-0.2, -0.15) is 0 Å². The van der Waals surface area contributed by atoms with E-state index in [-0.39, 0.29) is 37.1 Å². The molecule has 13 N–H and O–H groups in total. The molecule has 0 spiro atoms. The van der Waals surface area contributed by atoms with Crippen molar-refractivity contribution in [3.05, 3.63) is 29.8 Å². The van der Waals surface area contributed by atoms with Crippen LogP contribution in [0.2, 0.25) is 0 Å². The van der Waals surface area contributed by atoms with E-state index in [1.807, 2.05) is 6.92 Å². The maximum Gasteiger partial charge on any atom is 0.245 e. The largest absolute Gasteiger partial charge is 0.508 e. The lowest BCUT2D eigenvalue weighted by Crippen LogP contribution is -2.57. The molecule has 0 fully saturated rings. The van der Waals surface area contributed by atoms with Crippen molar-refractivity contribution in [1.29, 1.82) is 0 Å². The standard InChI is InChI=1S/C27H45N9O7/c1-3-16(2)23(36(15-38)13-18(28)11-17-6-8-19(39)9-7-17)26(43)33-12-22(40)34-21(14-37)25(42)35-20(24(29)41)5-4-10-32-27(30)31/h6-9,15-16,18,20-21,23,37,39H,3-5,10-14,28H2,1-2H3,(H2,29,41)(H,33,43)(H,34,40)(H,35,42)(H4,30,31,32)/t16-,18-,20-,21-,23-/m0/s1. The van der Waals surface area contributed by atoms with Crippen molar-refractivity contribution in [1.82, 2.24) is 20.9 Å². The monoisotopic (exact) mass is 607 g/mol. The number of aromatic hydroxyl groups is 1. The zero-order valence-electron chi connectivity index (χ0n) is 24.6. The summed E-state index contributed by atoms with van der Waals surface area (Å²) < 4.78 is 0. The summed E-state index contributed by atoms with van der Waals surface area (Å²) in [5, 5.41) is 26.3. The number of primary amides is 1. The number of carbonyl (C=O) groups is 5. The molecule has 240 valence electrons. The predicted molar refractivity (Wildman–Crippen MR) is 159 cm³/mol. The summed E-state index contributed by atoms with van der Waals surface area (Å²) >= 11 is 0. The van der Waals surface area contributed by atoms with Crippen molar-refractivity contribution in [3.8, 4) is 5.75 Å². The highest BCUT2D eigenvalue weighted by atomic mass is 16.3. The Bertz CT molecular complexity index is 1100. The fourth-order valence-electron chi connectivity index (χ4n) is 4.22. The molecule has 0 radical (unpaired) electrons. The number of nitrogens with one attached hydrogen (secondary N) is 3. The van der Waals surface area contributed by atoms with Gasteiger partial charge in [-0.3, -0.25) is 29.0 Å². The van der Waals surface area contributed by atoms with Crippen LogP contribution in [0.15, 0.2) is 29.3 Å². The minimum Gasteiger partial charge on any atom is -0.508 e. The summed E-state index contributed by atoms with van der Waals surface area (Å²) in [6.07, 6.45) is 1.90. The quantitative estimate of drug-likeness (QED) is 0.0309. The summed E-state index contributed by atoms with van der Waals surface area (Å²) in [6, 6.07) is 2.49. The number of amides is 5. The third kappa shape index (κ3) is 13.4. The van der Waals surface area contributed by atoms with E-state index in [1.54, 1.807) is 19.1 Å². The topological polar surface area (TPSA) is 282 Å². The number of rotatable bonds is 20. The van der Waals surface area contributed by atoms with Gasteiger partial charge in [0.05, 0.1) is 13.2 Å². The normalized spacial score (nSPS) is 14.2. The summed E-state index contributed by atoms with van der Waals surface area (Å²) in [7, 11) is 0. The Labute approximate surface area is 250 Å². The summed E-state index contributed by atoms with van der Waals surface area (Å²) in [4.78, 5) is 67.1. The van der Waals surface area contributed by atoms with E-state index in [4.69, 9.17) is 22.9 Å². The van der Waals surface area contributed by atoms with Crippen LogP contribution in [0.4, 0.5) is 0 Å². The molecule has 16 heteroatoms. The number of hydrogen-bond donors (Lipinski definition) is 9. The van der Waals surface area contributed by atoms with Crippen molar-refractivity contribution < 1.29 is 34.2 Å². The molecule has 0 aromatic heterocycles. The van der Waals surface area contributed by atoms with Gasteiger partial charge in [0.2, 0.25) is 30.0 Å². The Morgan fingerprint density at radius 3 is 2.23 bits per heavy atom. The molecular weight excluding hydrogens is 562 g/mol. The van der Waals surface area contributed by atoms with Crippen LogP contribution in [0.1, 0.15) is 38.7 Å². The summed E-state index contributed by atoms with van der Waals surface area (Å²) in [5.41, 5.74) is 22.9. The molecule has 0 heterocycles. The lowest BCUT2D eigenvalue weighted by atomic mass is 9.96. The van der Waals surface area contributed by atoms with Crippen LogP contribution in [0, 0.1) is 5.92 Å². The van der Waals surface area contributed by atoms with Crippen molar-refractivity contribution in [2.45, 2.75) is 63.7 Å². The van der Waals surface area contributed by atoms with Gasteiger partial charge in [0.15, 0.2) is 5.96 Å². The van der Waals surface area contributed by atoms with Gasteiger partial charge in [-0.25, -0.2) is 0 Å². The van der Waals surface area contributed by atoms with Crippen LogP contribution < -0.4 is 38.9 Å². The fourth-order valence-corrected chi connectivity index (χ4v) is 4.22. The molecule has 0 saturated carbocycles. The first-order valence-corrected chi connectivity index (χ1v) is 13.9. The molecule has 43 heavy (non-hydrogen) atoms. The second-order valence-corrected chi connectivity index (χ2v) is 10.2. The zero-order valence-corrected chi connectivity index (χ0v) is 24.6. The molecule has 0 saturated heterocycles. The molecule has 1 aromatic carbocycles. The van der Waals surface area contributed by atoms with Gasteiger partial charge in [0.1, 0.15) is 23.9 Å². The Hall–Kier alpha value is -4.44. The number of nitrogens with zero attached hydrogens (tertiary/aromatic N) is 2. The molecule has 1 rings (SSSR count). The molecule has 5 amide bonds. The molecule has 16 nitrogen and oxygen atoms in total. The molecule has 0 aliphatic rings. The number of guanidine groups is 1. The maximum absolute atomic E-state index is 13.1. The van der Waals surface area contributed by atoms with E-state index in [1.165, 1.54) is 17.0 Å². The van der Waals surface area contributed by atoms with Crippen LogP contribution in [-0.2, 0) is 30.4 Å². The van der Waals surface area contributed by atoms with Gasteiger partial charge < -0.3 is 54.0 Å². The van der Waals surface area contributed by atoms with Crippen LogP contribution in [0.3, 0.4) is 0 Å². The van der Waals surface area contributed by atoms with Crippen molar-refractivity contribution in [2.24, 2.45) is 33.8 Å². The maximum atomic E-state index is 13.1. The number of aliphatic imine (C=N–C) groups is 1. The number of carbonyl (C=O) groups excluding carboxylic acids is 5. The van der Waals surface area contributed by atoms with Gasteiger partial charge >= 0.3 is 0 Å². The summed E-state index contributed by atoms with van der Waals surface area (Å²) in [6.45, 7) is 2.54. The van der Waals surface area contributed by atoms with Crippen LogP contribution in [0.25, 0.3) is 0 Å². The molecule has 0 bridgehead atoms. The van der Waals surface area contributed by atoms with Gasteiger partial charge in [-0.1, -0.05) is 32.4 Å². The smallest absolute Gasteiger partial charge is 0.245 e. The van der Waals surface area contributed by atoms with E-state index in [0.717, 1.165) is 5.56 Å². The zero-order chi connectivity index (χ0) is 32.5. The number of aliphatic hydroxyl groups is 1. The minimum absolute atomic E-state index is 0.0543. The van der Waals surface area contributed by atoms with Gasteiger partial charge in [0, 0.05) is 19.1 Å². The molecule has 5 atom stereocenters. The molecular formula is C27H45N9O7. The Morgan fingerprint density at radius 1 is 1.05 bits per heavy atom. The second kappa shape index (κ2) is 18.9. The molecule has 0 aliphatic heterocycles. The SMILES string of the molecule is CC[C@H](C)[C@@H](C(=O)NCC(=O)N[C@@H](CO)C(=O)N[C@@H](CCCN=C(N)N)C(N)=O)N(C=O)C[C@@H](N)Cc1ccc(O)cc1. The first-order valence-electron chi connectivity index (χ1n) is 13.9. The van der Waals surface area contributed by atoms with Gasteiger partial charge in [-0.15, -0.1) is 0 Å². The predicted octanol–water partition coefficient (Wildman–Crippen LogP) is -3.25. The number of aliphatic hydroxyl groups excluding tert-OH is 1. The first kappa shape index (κ1) is 36.6. The third-order valence-electron chi connectivity index (χ3n) is 6.69. The van der Waals surface area contributed by atoms with Crippen molar-refractivity contribution in [3.63, 3.8) is 0 Å². The average molecular weight is 608 g/mol. The van der Waals surface area contributed by atoms with Crippen LogP contribution in [0.5, 0.6) is 5.75 Å². The lowest BCUT2D eigenvalue weighted by Gasteiger charge is -2.33. The van der Waals surface area contributed by atoms with Crippen molar-refractivity contribution >= 4 is 36.0 Å². The van der Waals surface area contributed by atoms with Crippen LogP contribution >= 0.6 is 0 Å². The number of benzene rings is 1. The summed E-state index contributed by atoms with van der Waals surface area (Å²) in [5.74, 6) is -3.39. The lowest BCUT2D eigenvalue weighted by molar-refractivity contribution is -0.136. The van der Waals surface area contributed by atoms with E-state index < -0.39 is 60.9 Å². The molecule has 0 aliphatic carbocycles. The third-order valence-corrected chi connectivity index (χ3v) is 6.69. The van der Waals surface area contributed by atoms with Gasteiger partial charge in [0.25, 0.3) is 0 Å². The van der Waals surface area contributed by atoms with Crippen molar-refractivity contribution in [2.75, 3.05) is 26.2 Å². The van der Waals surface area contributed by atoms with Crippen LogP contribution in [-0.4, -0.2) is 102 Å². The second-order valence-electron chi connectivity index (χ2n) is 10.2. The highest BCUT2D eigenvalue weighted by Gasteiger charge is 2.31. The van der Waals surface area contributed by atoms with E-state index in [9.17, 15) is 34.2 Å². The number of phenols is 1. The van der Waals surface area contributed by atoms with Gasteiger partial charge in [-0.05, 0) is 42.9 Å². The van der Waals surface area contributed by atoms with E-state index in [0.29, 0.717) is 25.7 Å². The Morgan fingerprint density at radius 2 is 1.70 bits per heavy atom. The molecule has 0 unspecified atom stereocenters. The highest BCUT2D eigenvalue weighted by Crippen LogP contribution is 2.16. The first-order chi connectivity index (χ1) is 20.3. The number of hydrogen-bond acceptors (Lipinski definition) is 9. The van der Waals surface area contributed by atoms with E-state index >= 15 is 0 Å². The average Bonchev–Trinajstić information content (AvgIpc) is 2.96. The Balaban J connectivity index is 2.77.